The Bertz CT molecular complexity index is 963. The number of thioether (sulfide) groups is 1. The maximum absolute atomic E-state index is 11.9. The molecule has 0 saturated carbocycles. The summed E-state index contributed by atoms with van der Waals surface area (Å²) in [5.74, 6) is 0. The van der Waals surface area contributed by atoms with Gasteiger partial charge in [0.25, 0.3) is 10.1 Å². The summed E-state index contributed by atoms with van der Waals surface area (Å²) in [5.41, 5.74) is -0.969. The van der Waals surface area contributed by atoms with E-state index in [0.29, 0.717) is 44.1 Å². The second-order valence-electron chi connectivity index (χ2n) is 11.9. The molecule has 0 aromatic rings. The van der Waals surface area contributed by atoms with E-state index in [1.54, 1.807) is 16.7 Å². The van der Waals surface area contributed by atoms with Gasteiger partial charge in [0, 0.05) is 43.5 Å². The smallest absolute Gasteiger partial charge is 0.742 e. The fourth-order valence-corrected chi connectivity index (χ4v) is 5.51. The van der Waals surface area contributed by atoms with Crippen molar-refractivity contribution in [1.29, 1.82) is 0 Å². The maximum atomic E-state index is 11.9. The summed E-state index contributed by atoms with van der Waals surface area (Å²) in [4.78, 5) is 47.5. The number of nitrogens with zero attached hydrogens (tertiary/aromatic N) is 2. The Labute approximate surface area is 305 Å². The molecule has 0 aliphatic carbocycles. The van der Waals surface area contributed by atoms with Crippen LogP contribution in [-0.4, -0.2) is 95.6 Å². The second kappa shape index (κ2) is 20.9. The Morgan fingerprint density at radius 2 is 1.17 bits per heavy atom. The van der Waals surface area contributed by atoms with E-state index in [9.17, 15) is 27.6 Å². The van der Waals surface area contributed by atoms with Gasteiger partial charge in [-0.2, -0.15) is 8.42 Å². The van der Waals surface area contributed by atoms with E-state index >= 15 is 0 Å². The molecule has 2 heterocycles. The van der Waals surface area contributed by atoms with Crippen molar-refractivity contribution in [3.63, 3.8) is 0 Å². The van der Waals surface area contributed by atoms with Gasteiger partial charge in [0.1, 0.15) is 11.2 Å². The Hall–Kier alpha value is -0.00364. The summed E-state index contributed by atoms with van der Waals surface area (Å²) in [5, 5.41) is 0.251. The van der Waals surface area contributed by atoms with Crippen LogP contribution >= 0.6 is 11.8 Å². The van der Waals surface area contributed by atoms with Gasteiger partial charge in [-0.15, -0.1) is 0 Å². The maximum Gasteiger partial charge on any atom is 1.00 e. The van der Waals surface area contributed by atoms with Crippen molar-refractivity contribution in [3.05, 3.63) is 0 Å². The van der Waals surface area contributed by atoms with E-state index in [1.165, 1.54) is 18.7 Å². The molecule has 2 aliphatic rings. The van der Waals surface area contributed by atoms with Gasteiger partial charge in [0.15, 0.2) is 5.12 Å². The van der Waals surface area contributed by atoms with Gasteiger partial charge in [-0.3, -0.25) is 8.98 Å². The third kappa shape index (κ3) is 25.3. The average Bonchev–Trinajstić information content (AvgIpc) is 3.11. The number of amides is 2. The van der Waals surface area contributed by atoms with Crippen LogP contribution in [0.3, 0.4) is 0 Å². The molecule has 0 aromatic heterocycles. The molecule has 0 aromatic carbocycles. The summed E-state index contributed by atoms with van der Waals surface area (Å²) in [6, 6.07) is 0. The molecule has 0 N–H and O–H groups in total. The number of hydrogen-bond donors (Lipinski definition) is 0. The minimum atomic E-state index is -3.44. The van der Waals surface area contributed by atoms with Crippen molar-refractivity contribution in [2.45, 2.75) is 116 Å². The second-order valence-corrected chi connectivity index (χ2v) is 15.6. The molecule has 11 nitrogen and oxygen atoms in total. The van der Waals surface area contributed by atoms with Crippen LogP contribution in [0.5, 0.6) is 0 Å². The Morgan fingerprint density at radius 1 is 0.762 bits per heavy atom. The molecule has 240 valence electrons. The van der Waals surface area contributed by atoms with Crippen molar-refractivity contribution in [2.24, 2.45) is 0 Å². The van der Waals surface area contributed by atoms with E-state index in [1.807, 2.05) is 41.5 Å². The van der Waals surface area contributed by atoms with Crippen LogP contribution in [0, 0.1) is 0 Å². The molecule has 2 rings (SSSR count). The number of likely N-dealkylation sites (tertiary alicyclic amines) is 2. The molecule has 2 aliphatic heterocycles. The number of carbonyl (C=O) groups is 4. The fraction of sp³-hybridized carbons (Fsp3) is 0.852. The van der Waals surface area contributed by atoms with Crippen molar-refractivity contribution in [1.82, 2.24) is 9.80 Å². The van der Waals surface area contributed by atoms with E-state index in [2.05, 4.69) is 12.6 Å². The molecule has 0 radical (unpaired) electrons. The predicted octanol–water partition coefficient (Wildman–Crippen LogP) is 1.89. The first-order chi connectivity index (χ1) is 18.6. The Kier molecular flexibility index (Phi) is 22.0. The minimum absolute atomic E-state index is 0. The largest absolute Gasteiger partial charge is 1.00 e. The molecule has 15 heteroatoms. The Balaban J connectivity index is 0. The number of carbonyl (C=O) groups excluding carboxylic acids is 4. The molecule has 2 atom stereocenters. The van der Waals surface area contributed by atoms with Crippen LogP contribution in [0.15, 0.2) is 0 Å². The number of hydrogen-bond acceptors (Lipinski definition) is 11. The van der Waals surface area contributed by atoms with Gasteiger partial charge >= 0.3 is 63.6 Å². The number of rotatable bonds is 3. The van der Waals surface area contributed by atoms with Crippen molar-refractivity contribution in [3.8, 4) is 0 Å². The zero-order valence-electron chi connectivity index (χ0n) is 27.0. The summed E-state index contributed by atoms with van der Waals surface area (Å²) >= 11 is 5.38. The fourth-order valence-electron chi connectivity index (χ4n) is 3.85. The molecule has 0 bridgehead atoms. The molecule has 2 amide bonds. The van der Waals surface area contributed by atoms with Gasteiger partial charge < -0.3 is 36.7 Å². The average molecular weight is 681 g/mol. The first-order valence-electron chi connectivity index (χ1n) is 13.8. The van der Waals surface area contributed by atoms with Crippen LogP contribution < -0.4 is 51.4 Å². The van der Waals surface area contributed by atoms with E-state index in [4.69, 9.17) is 13.7 Å². The van der Waals surface area contributed by atoms with Crippen LogP contribution in [-0.2, 0) is 46.0 Å². The third-order valence-electron chi connectivity index (χ3n) is 5.30. The van der Waals surface area contributed by atoms with E-state index in [0.717, 1.165) is 32.1 Å². The molecule has 0 spiro atoms. The van der Waals surface area contributed by atoms with Gasteiger partial charge in [-0.05, 0) is 87.0 Å². The van der Waals surface area contributed by atoms with E-state index in [-0.39, 0.29) is 79.9 Å². The van der Waals surface area contributed by atoms with Crippen LogP contribution in [0.1, 0.15) is 93.9 Å². The topological polar surface area (TPSA) is 137 Å². The van der Waals surface area contributed by atoms with E-state index < -0.39 is 21.3 Å². The molecule has 2 unspecified atom stereocenters. The molecule has 2 saturated heterocycles. The normalized spacial score (nSPS) is 19.6. The van der Waals surface area contributed by atoms with Crippen molar-refractivity contribution in [2.75, 3.05) is 32.4 Å². The zero-order valence-corrected chi connectivity index (χ0v) is 32.6. The van der Waals surface area contributed by atoms with Gasteiger partial charge in [-0.25, -0.2) is 9.59 Å². The van der Waals surface area contributed by atoms with Gasteiger partial charge in [-0.1, -0.05) is 11.8 Å². The molecular weight excluding hydrogens is 632 g/mol. The van der Waals surface area contributed by atoms with Crippen molar-refractivity contribution < 1.29 is 92.6 Å². The predicted molar refractivity (Wildman–Crippen MR) is 163 cm³/mol. The summed E-state index contributed by atoms with van der Waals surface area (Å²) in [6.45, 7) is 16.4. The standard InChI is InChI=1S/C13H23NO3S.C12H23NO5S.C2H4OS.K/c1-10(15)18-11-6-5-8-14(9-7-11)12(16)17-13(2,3)4;1-12(2,3)17-11(14)13-8-5-6-10(7-9-13)18-19(4,15)16;1-2(3)4;/h11H,5-9H2,1-4H3;10H,5-9H2,1-4H3;1H3,(H,3,4);/q;;;+1/p-1. The first-order valence-corrected chi connectivity index (χ1v) is 16.9. The monoisotopic (exact) mass is 680 g/mol. The van der Waals surface area contributed by atoms with Gasteiger partial charge in [0.05, 0.1) is 12.4 Å². The summed E-state index contributed by atoms with van der Waals surface area (Å²) in [6.07, 6.45) is 4.74. The van der Waals surface area contributed by atoms with Crippen LogP contribution in [0.25, 0.3) is 0 Å². The van der Waals surface area contributed by atoms with Crippen LogP contribution in [0.4, 0.5) is 9.59 Å². The summed E-state index contributed by atoms with van der Waals surface area (Å²) in [7, 11) is -3.44. The molecular formula is C27H49KN2O9S3. The third-order valence-corrected chi connectivity index (χ3v) is 7.06. The molecule has 42 heavy (non-hydrogen) atoms. The SMILES string of the molecule is CC(=O)SC1CCCN(C(=O)OC(C)(C)C)CC1.CC(=O)[S-].CC(C)(C)OC(=O)N1CCCC(OS(C)(=O)=O)CC1.[K+]. The summed E-state index contributed by atoms with van der Waals surface area (Å²) < 4.78 is 37.8. The molecule has 2 fully saturated rings. The quantitative estimate of drug-likeness (QED) is 0.246. The van der Waals surface area contributed by atoms with Gasteiger partial charge in [0.2, 0.25) is 0 Å². The van der Waals surface area contributed by atoms with Crippen LogP contribution in [0.2, 0.25) is 0 Å². The number of ether oxygens (including phenoxy) is 2. The Morgan fingerprint density at radius 3 is 1.55 bits per heavy atom. The van der Waals surface area contributed by atoms with Crippen molar-refractivity contribution >= 4 is 56.9 Å². The minimum Gasteiger partial charge on any atom is -0.742 e. The zero-order chi connectivity index (χ0) is 32.0. The first kappa shape index (κ1) is 44.1.